The largest absolute Gasteiger partial charge is 0.518 e. The van der Waals surface area contributed by atoms with E-state index in [1.165, 1.54) is 24.3 Å². The van der Waals surface area contributed by atoms with E-state index >= 15 is 0 Å². The molecule has 2 N–H and O–H groups in total. The Morgan fingerprint density at radius 2 is 2.04 bits per heavy atom. The number of nitrogens with zero attached hydrogens (tertiary/aromatic N) is 1. The third kappa shape index (κ3) is 6.63. The van der Waals surface area contributed by atoms with Crippen LogP contribution in [0.5, 0.6) is 0 Å². The first-order chi connectivity index (χ1) is 13.0. The van der Waals surface area contributed by atoms with Crippen molar-refractivity contribution in [2.45, 2.75) is 24.1 Å². The van der Waals surface area contributed by atoms with Gasteiger partial charge in [0.1, 0.15) is 0 Å². The Hall–Kier alpha value is -2.42. The summed E-state index contributed by atoms with van der Waals surface area (Å²) in [6, 6.07) is 6.07. The lowest BCUT2D eigenvalue weighted by atomic mass is 10.1. The van der Waals surface area contributed by atoms with Gasteiger partial charge in [-0.15, -0.1) is 0 Å². The van der Waals surface area contributed by atoms with Gasteiger partial charge in [0.25, 0.3) is 10.1 Å². The molecule has 3 atom stereocenters. The number of hydrogen-bond donors (Lipinski definition) is 2. The Bertz CT molecular complexity index is 842. The molecule has 154 valence electrons. The zero-order valence-electron chi connectivity index (χ0n) is 14.3. The van der Waals surface area contributed by atoms with Gasteiger partial charge >= 0.3 is 18.4 Å². The second-order valence-electron chi connectivity index (χ2n) is 5.67. The molecule has 3 heterocycles. The summed E-state index contributed by atoms with van der Waals surface area (Å²) in [4.78, 5) is 31.0. The summed E-state index contributed by atoms with van der Waals surface area (Å²) < 4.78 is 35.2. The van der Waals surface area contributed by atoms with Crippen molar-refractivity contribution in [3.8, 4) is 0 Å². The van der Waals surface area contributed by atoms with Gasteiger partial charge < -0.3 is 14.0 Å². The number of nitrogens with one attached hydrogen (secondary N) is 1. The highest BCUT2D eigenvalue weighted by Crippen LogP contribution is 2.24. The van der Waals surface area contributed by atoms with Gasteiger partial charge in [0.05, 0.1) is 45.8 Å². The highest BCUT2D eigenvalue weighted by atomic mass is 32.2. The van der Waals surface area contributed by atoms with Crippen LogP contribution in [-0.2, 0) is 23.2 Å². The van der Waals surface area contributed by atoms with E-state index < -0.39 is 39.5 Å². The second kappa shape index (κ2) is 9.18. The summed E-state index contributed by atoms with van der Waals surface area (Å²) in [7, 11) is -3.47. The van der Waals surface area contributed by atoms with E-state index in [4.69, 9.17) is 9.29 Å². The lowest BCUT2D eigenvalue weighted by molar-refractivity contribution is -0.574. The van der Waals surface area contributed by atoms with Gasteiger partial charge in [0, 0.05) is 13.0 Å². The summed E-state index contributed by atoms with van der Waals surface area (Å²) in [5, 5.41) is 21.3. The van der Waals surface area contributed by atoms with Crippen LogP contribution in [0.2, 0.25) is 0 Å². The van der Waals surface area contributed by atoms with Crippen molar-refractivity contribution in [2.24, 2.45) is 0 Å². The fourth-order valence-corrected chi connectivity index (χ4v) is 3.64. The molecule has 0 spiro atoms. The Labute approximate surface area is 163 Å². The van der Waals surface area contributed by atoms with E-state index in [1.807, 2.05) is 0 Å². The van der Waals surface area contributed by atoms with Gasteiger partial charge in [-0.25, -0.2) is 9.59 Å². The number of carbonyl (C=O) groups is 2. The average Bonchev–Trinajstić information content (AvgIpc) is 2.89. The molecule has 3 aliphatic heterocycles. The van der Waals surface area contributed by atoms with E-state index in [2.05, 4.69) is 14.2 Å². The lowest BCUT2D eigenvalue weighted by Crippen LogP contribution is -2.21. The van der Waals surface area contributed by atoms with Crippen LogP contribution in [0, 0.1) is 10.1 Å². The summed E-state index contributed by atoms with van der Waals surface area (Å²) in [5.74, 6) is -0.651. The molecule has 3 aliphatic rings. The maximum absolute atomic E-state index is 11.1. The smallest absolute Gasteiger partial charge is 0.449 e. The van der Waals surface area contributed by atoms with Crippen molar-refractivity contribution in [3.63, 3.8) is 0 Å². The second-order valence-corrected chi connectivity index (χ2v) is 8.19. The topological polar surface area (TPSA) is 171 Å². The van der Waals surface area contributed by atoms with Gasteiger partial charge in [-0.1, -0.05) is 0 Å². The zero-order valence-corrected chi connectivity index (χ0v) is 16.0. The van der Waals surface area contributed by atoms with Crippen LogP contribution in [0.1, 0.15) is 28.6 Å². The minimum Gasteiger partial charge on any atom is -0.449 e. The average molecular weight is 436 g/mol. The van der Waals surface area contributed by atoms with Crippen LogP contribution >= 0.6 is 12.0 Å². The number of esters is 1. The molecule has 1 aromatic rings. The highest BCUT2D eigenvalue weighted by molar-refractivity contribution is 7.95. The maximum Gasteiger partial charge on any atom is 0.518 e. The molecule has 14 heteroatoms. The van der Waals surface area contributed by atoms with Gasteiger partial charge in [-0.05, 0) is 24.3 Å². The number of carbonyl (C=O) groups excluding carboxylic acids is 1. The number of rotatable bonds is 5. The van der Waals surface area contributed by atoms with Crippen LogP contribution < -0.4 is 5.32 Å². The molecular formula is C14H16N2O10S2. The molecule has 0 aliphatic carbocycles. The Balaban J connectivity index is 0.000000202. The van der Waals surface area contributed by atoms with Crippen LogP contribution in [-0.4, -0.2) is 54.9 Å². The molecule has 28 heavy (non-hydrogen) atoms. The summed E-state index contributed by atoms with van der Waals surface area (Å²) in [6.45, 7) is 0.355. The van der Waals surface area contributed by atoms with Crippen LogP contribution in [0.25, 0.3) is 0 Å². The summed E-state index contributed by atoms with van der Waals surface area (Å²) in [6.07, 6.45) is -1.85. The maximum atomic E-state index is 11.1. The number of benzene rings is 1. The zero-order chi connectivity index (χ0) is 20.9. The minimum atomic E-state index is -3.47. The first kappa shape index (κ1) is 21.9. The quantitative estimate of drug-likeness (QED) is 0.222. The van der Waals surface area contributed by atoms with E-state index in [0.29, 0.717) is 24.1 Å². The van der Waals surface area contributed by atoms with E-state index in [1.54, 1.807) is 0 Å². The van der Waals surface area contributed by atoms with Crippen LogP contribution in [0.3, 0.4) is 0 Å². The van der Waals surface area contributed by atoms with E-state index in [0.717, 1.165) is 18.3 Å². The summed E-state index contributed by atoms with van der Waals surface area (Å²) >= 11 is 0.736. The number of fused-ring (bicyclic) bond motifs is 4. The van der Waals surface area contributed by atoms with Gasteiger partial charge in [-0.2, -0.15) is 8.42 Å². The molecule has 2 bridgehead atoms. The van der Waals surface area contributed by atoms with Crippen LogP contribution in [0.4, 0.5) is 4.79 Å². The molecule has 0 saturated carbocycles. The van der Waals surface area contributed by atoms with Crippen molar-refractivity contribution < 1.29 is 41.1 Å². The molecule has 0 amide bonds. The van der Waals surface area contributed by atoms with Crippen molar-refractivity contribution in [1.82, 2.24) is 5.32 Å². The third-order valence-electron chi connectivity index (χ3n) is 3.44. The number of nitro groups is 1. The number of carboxylic acid groups (broad SMARTS) is 1. The standard InChI is InChI=1S/C8H5NO4.C6H11NO6S2/c10-8-6-3-1-5(2-4-6)7(13-8)9(11)12;1-15(10,11)13-4-2-5(7-3-4)14-12-6(8)9/h1-4,7H;4-5,7H,2-3H2,1H3,(H,8,9). The monoisotopic (exact) mass is 436 g/mol. The Morgan fingerprint density at radius 3 is 2.57 bits per heavy atom. The Morgan fingerprint density at radius 1 is 1.39 bits per heavy atom. The Kier molecular flexibility index (Phi) is 7.17. The fourth-order valence-electron chi connectivity index (χ4n) is 2.35. The van der Waals surface area contributed by atoms with Gasteiger partial charge in [0.2, 0.25) is 0 Å². The highest BCUT2D eigenvalue weighted by Gasteiger charge is 2.31. The van der Waals surface area contributed by atoms with Crippen LogP contribution in [0.15, 0.2) is 24.3 Å². The molecule has 12 nitrogen and oxygen atoms in total. The first-order valence-corrected chi connectivity index (χ1v) is 10.3. The molecule has 1 aromatic carbocycles. The lowest BCUT2D eigenvalue weighted by Gasteiger charge is -2.07. The normalized spacial score (nSPS) is 23.2. The molecule has 0 radical (unpaired) electrons. The minimum absolute atomic E-state index is 0.271. The predicted molar refractivity (Wildman–Crippen MR) is 94.4 cm³/mol. The van der Waals surface area contributed by atoms with E-state index in [-0.39, 0.29) is 5.37 Å². The third-order valence-corrected chi connectivity index (χ3v) is 4.89. The van der Waals surface area contributed by atoms with Crippen molar-refractivity contribution >= 4 is 34.3 Å². The predicted octanol–water partition coefficient (Wildman–Crippen LogP) is 1.13. The number of hydrogen-bond acceptors (Lipinski definition) is 11. The van der Waals surface area contributed by atoms with Crippen molar-refractivity contribution in [2.75, 3.05) is 12.8 Å². The molecule has 1 fully saturated rings. The van der Waals surface area contributed by atoms with E-state index in [9.17, 15) is 28.1 Å². The fraction of sp³-hybridized carbons (Fsp3) is 0.429. The molecule has 0 aromatic heterocycles. The van der Waals surface area contributed by atoms with Crippen molar-refractivity contribution in [1.29, 1.82) is 0 Å². The first-order valence-electron chi connectivity index (χ1n) is 7.67. The number of ether oxygens (including phenoxy) is 1. The molecular weight excluding hydrogens is 420 g/mol. The molecule has 4 rings (SSSR count). The molecule has 3 unspecified atom stereocenters. The van der Waals surface area contributed by atoms with Crippen molar-refractivity contribution in [3.05, 3.63) is 45.5 Å². The van der Waals surface area contributed by atoms with Gasteiger partial charge in [0.15, 0.2) is 0 Å². The SMILES string of the molecule is CS(=O)(=O)OC1CNC(SOC(=O)O)C1.O=C1OC([N+](=O)[O-])c2ccc1cc2. The summed E-state index contributed by atoms with van der Waals surface area (Å²) in [5.41, 5.74) is 0.729. The van der Waals surface area contributed by atoms with Gasteiger partial charge in [-0.3, -0.25) is 19.6 Å². The molecule has 1 saturated heterocycles.